The Morgan fingerprint density at radius 2 is 1.74 bits per heavy atom. The second-order valence-electron chi connectivity index (χ2n) is 5.77. The van der Waals surface area contributed by atoms with E-state index in [-0.39, 0.29) is 11.2 Å². The van der Waals surface area contributed by atoms with E-state index >= 15 is 0 Å². The van der Waals surface area contributed by atoms with Gasteiger partial charge in [-0.1, -0.05) is 20.3 Å². The fourth-order valence-electron chi connectivity index (χ4n) is 2.74. The van der Waals surface area contributed by atoms with Crippen molar-refractivity contribution in [3.63, 3.8) is 0 Å². The van der Waals surface area contributed by atoms with Crippen molar-refractivity contribution in [3.05, 3.63) is 26.7 Å². The van der Waals surface area contributed by atoms with E-state index in [0.717, 1.165) is 44.3 Å². The lowest BCUT2D eigenvalue weighted by Gasteiger charge is -2.09. The zero-order valence-electron chi connectivity index (χ0n) is 13.9. The highest BCUT2D eigenvalue weighted by atomic mass is 35.5. The van der Waals surface area contributed by atoms with Crippen LogP contribution >= 0.6 is 11.6 Å². The second-order valence-corrected chi connectivity index (χ2v) is 6.15. The van der Waals surface area contributed by atoms with Gasteiger partial charge in [0.05, 0.1) is 0 Å². The number of halogens is 1. The number of hydrogen-bond acceptors (Lipinski definition) is 3. The van der Waals surface area contributed by atoms with Crippen molar-refractivity contribution in [2.45, 2.75) is 65.5 Å². The number of nitrogens with zero attached hydrogens (tertiary/aromatic N) is 3. The lowest BCUT2D eigenvalue weighted by Crippen LogP contribution is -2.40. The topological polar surface area (TPSA) is 72.7 Å². The van der Waals surface area contributed by atoms with Gasteiger partial charge in [-0.05, 0) is 25.7 Å². The van der Waals surface area contributed by atoms with Gasteiger partial charge in [-0.3, -0.25) is 13.9 Å². The number of aryl methyl sites for hydroxylation is 2. The number of rotatable bonds is 9. The van der Waals surface area contributed by atoms with Crippen LogP contribution in [-0.4, -0.2) is 25.0 Å². The van der Waals surface area contributed by atoms with E-state index in [1.54, 1.807) is 4.57 Å². The Labute approximate surface area is 140 Å². The first-order valence-corrected chi connectivity index (χ1v) is 8.95. The standard InChI is InChI=1S/C16H25ClN4O2/c1-3-10-20-14-13(15(22)21(11-4-2)16(20)23)18-12(19-14)8-6-5-7-9-17/h3-11H2,1-2H3,(H,18,19). The Morgan fingerprint density at radius 1 is 1.04 bits per heavy atom. The van der Waals surface area contributed by atoms with Crippen LogP contribution in [0.4, 0.5) is 0 Å². The van der Waals surface area contributed by atoms with E-state index in [2.05, 4.69) is 9.97 Å². The maximum absolute atomic E-state index is 12.5. The van der Waals surface area contributed by atoms with Gasteiger partial charge in [0.25, 0.3) is 5.56 Å². The predicted molar refractivity (Wildman–Crippen MR) is 93.5 cm³/mol. The molecule has 1 N–H and O–H groups in total. The average Bonchev–Trinajstić information content (AvgIpc) is 2.96. The summed E-state index contributed by atoms with van der Waals surface area (Å²) in [5.41, 5.74) is 0.408. The molecule has 0 fully saturated rings. The Morgan fingerprint density at radius 3 is 2.39 bits per heavy atom. The molecule has 0 spiro atoms. The van der Waals surface area contributed by atoms with Gasteiger partial charge in [-0.25, -0.2) is 9.78 Å². The minimum Gasteiger partial charge on any atom is -0.336 e. The van der Waals surface area contributed by atoms with Crippen molar-refractivity contribution in [2.75, 3.05) is 5.88 Å². The van der Waals surface area contributed by atoms with E-state index in [4.69, 9.17) is 11.6 Å². The second kappa shape index (κ2) is 8.34. The van der Waals surface area contributed by atoms with Crippen LogP contribution in [0.15, 0.2) is 9.59 Å². The summed E-state index contributed by atoms with van der Waals surface area (Å²) < 4.78 is 2.93. The molecular formula is C16H25ClN4O2. The zero-order chi connectivity index (χ0) is 16.8. The Bertz CT molecular complexity index is 760. The number of aromatic nitrogens is 4. The number of H-pyrrole nitrogens is 1. The fraction of sp³-hybridized carbons (Fsp3) is 0.688. The van der Waals surface area contributed by atoms with Gasteiger partial charge in [0.2, 0.25) is 0 Å². The highest BCUT2D eigenvalue weighted by Crippen LogP contribution is 2.10. The molecule has 0 radical (unpaired) electrons. The van der Waals surface area contributed by atoms with Crippen LogP contribution in [0, 0.1) is 0 Å². The molecule has 0 aliphatic heterocycles. The van der Waals surface area contributed by atoms with Gasteiger partial charge in [0, 0.05) is 25.4 Å². The molecule has 0 amide bonds. The minimum atomic E-state index is -0.265. The minimum absolute atomic E-state index is 0.258. The van der Waals surface area contributed by atoms with E-state index in [1.165, 1.54) is 4.57 Å². The van der Waals surface area contributed by atoms with E-state index < -0.39 is 0 Å². The first kappa shape index (κ1) is 17.8. The van der Waals surface area contributed by atoms with Crippen LogP contribution < -0.4 is 11.2 Å². The third-order valence-corrected chi connectivity index (χ3v) is 4.12. The quantitative estimate of drug-likeness (QED) is 0.563. The molecule has 0 aliphatic rings. The maximum Gasteiger partial charge on any atom is 0.332 e. The number of alkyl halides is 1. The van der Waals surface area contributed by atoms with Gasteiger partial charge in [0.15, 0.2) is 5.65 Å². The molecule has 0 aliphatic carbocycles. The smallest absolute Gasteiger partial charge is 0.332 e. The Kier molecular flexibility index (Phi) is 6.45. The zero-order valence-corrected chi connectivity index (χ0v) is 14.7. The summed E-state index contributed by atoms with van der Waals surface area (Å²) in [7, 11) is 0. The molecule has 6 nitrogen and oxygen atoms in total. The summed E-state index contributed by atoms with van der Waals surface area (Å²) in [4.78, 5) is 32.7. The molecule has 0 saturated carbocycles. The van der Waals surface area contributed by atoms with Crippen LogP contribution in [-0.2, 0) is 19.5 Å². The summed E-state index contributed by atoms with van der Waals surface area (Å²) in [6.45, 7) is 4.96. The fourth-order valence-corrected chi connectivity index (χ4v) is 2.93. The van der Waals surface area contributed by atoms with Crippen LogP contribution in [0.2, 0.25) is 0 Å². The van der Waals surface area contributed by atoms with Crippen LogP contribution in [0.25, 0.3) is 11.2 Å². The number of nitrogens with one attached hydrogen (secondary N) is 1. The van der Waals surface area contributed by atoms with Crippen molar-refractivity contribution in [1.82, 2.24) is 19.1 Å². The average molecular weight is 341 g/mol. The molecule has 2 rings (SSSR count). The summed E-state index contributed by atoms with van der Waals surface area (Å²) in [6, 6.07) is 0. The molecule has 0 atom stereocenters. The van der Waals surface area contributed by atoms with E-state index in [9.17, 15) is 9.59 Å². The number of aromatic amines is 1. The number of imidazole rings is 1. The molecular weight excluding hydrogens is 316 g/mol. The lowest BCUT2D eigenvalue weighted by atomic mass is 10.2. The first-order valence-electron chi connectivity index (χ1n) is 8.42. The molecule has 23 heavy (non-hydrogen) atoms. The maximum atomic E-state index is 12.5. The summed E-state index contributed by atoms with van der Waals surface area (Å²) in [5.74, 6) is 1.43. The van der Waals surface area contributed by atoms with Crippen molar-refractivity contribution >= 4 is 22.8 Å². The predicted octanol–water partition coefficient (Wildman–Crippen LogP) is 2.66. The van der Waals surface area contributed by atoms with Gasteiger partial charge in [0.1, 0.15) is 11.3 Å². The van der Waals surface area contributed by atoms with Crippen molar-refractivity contribution in [3.8, 4) is 0 Å². The highest BCUT2D eigenvalue weighted by molar-refractivity contribution is 6.17. The summed E-state index contributed by atoms with van der Waals surface area (Å²) in [6.07, 6.45) is 5.30. The Hall–Kier alpha value is -1.56. The molecule has 0 aromatic carbocycles. The molecule has 128 valence electrons. The third-order valence-electron chi connectivity index (χ3n) is 3.85. The van der Waals surface area contributed by atoms with Crippen LogP contribution in [0.1, 0.15) is 51.8 Å². The number of hydrogen-bond donors (Lipinski definition) is 1. The summed E-state index contributed by atoms with van der Waals surface area (Å²) >= 11 is 5.68. The Balaban J connectivity index is 2.45. The SMILES string of the molecule is CCCn1c(=O)c2[nH]c(CCCCCCl)nc2n(CCC)c1=O. The lowest BCUT2D eigenvalue weighted by molar-refractivity contribution is 0.555. The van der Waals surface area contributed by atoms with Gasteiger partial charge >= 0.3 is 5.69 Å². The van der Waals surface area contributed by atoms with Gasteiger partial charge < -0.3 is 4.98 Å². The van der Waals surface area contributed by atoms with E-state index in [0.29, 0.717) is 30.1 Å². The van der Waals surface area contributed by atoms with Crippen molar-refractivity contribution < 1.29 is 0 Å². The highest BCUT2D eigenvalue weighted by Gasteiger charge is 2.16. The number of unbranched alkanes of at least 4 members (excludes halogenated alkanes) is 2. The molecule has 2 aromatic rings. The normalized spacial score (nSPS) is 11.4. The van der Waals surface area contributed by atoms with Gasteiger partial charge in [-0.2, -0.15) is 0 Å². The first-order chi connectivity index (χ1) is 11.1. The monoisotopic (exact) mass is 340 g/mol. The van der Waals surface area contributed by atoms with Crippen LogP contribution in [0.5, 0.6) is 0 Å². The number of fused-ring (bicyclic) bond motifs is 1. The van der Waals surface area contributed by atoms with E-state index in [1.807, 2.05) is 13.8 Å². The van der Waals surface area contributed by atoms with Crippen molar-refractivity contribution in [2.24, 2.45) is 0 Å². The molecule has 7 heteroatoms. The van der Waals surface area contributed by atoms with Gasteiger partial charge in [-0.15, -0.1) is 11.6 Å². The van der Waals surface area contributed by atoms with Crippen LogP contribution in [0.3, 0.4) is 0 Å². The molecule has 2 heterocycles. The molecule has 2 aromatic heterocycles. The summed E-state index contributed by atoms with van der Waals surface area (Å²) in [5, 5.41) is 0. The molecule has 0 bridgehead atoms. The third kappa shape index (κ3) is 3.86. The van der Waals surface area contributed by atoms with Crippen molar-refractivity contribution in [1.29, 1.82) is 0 Å². The largest absolute Gasteiger partial charge is 0.336 e. The molecule has 0 unspecified atom stereocenters. The molecule has 0 saturated heterocycles.